The van der Waals surface area contributed by atoms with Crippen molar-refractivity contribution >= 4 is 5.78 Å². The van der Waals surface area contributed by atoms with Crippen molar-refractivity contribution < 1.29 is 13.6 Å². The molecule has 0 radical (unpaired) electrons. The first kappa shape index (κ1) is 13.4. The Morgan fingerprint density at radius 3 is 2.16 bits per heavy atom. The van der Waals surface area contributed by atoms with E-state index in [9.17, 15) is 13.6 Å². The largest absolute Gasteiger partial charge is 0.318 e. The molecule has 0 heterocycles. The Bertz CT molecular complexity index is 564. The van der Waals surface area contributed by atoms with E-state index in [4.69, 9.17) is 5.73 Å². The second kappa shape index (κ2) is 5.71. The lowest BCUT2D eigenvalue weighted by atomic mass is 9.98. The number of ketones is 1. The summed E-state index contributed by atoms with van der Waals surface area (Å²) in [5, 5.41) is 0. The second-order valence-electron chi connectivity index (χ2n) is 4.23. The summed E-state index contributed by atoms with van der Waals surface area (Å²) in [6.45, 7) is 0. The Balaban J connectivity index is 2.18. The summed E-state index contributed by atoms with van der Waals surface area (Å²) in [6.07, 6.45) is -0.353. The lowest BCUT2D eigenvalue weighted by Crippen LogP contribution is -2.23. The molecule has 0 spiro atoms. The standard InChI is InChI=1S/C15H13F2NO/c16-12-7-4-8-13(17)11(12)9-14(19)15(18)10-5-2-1-3-6-10/h1-8,15H,9,18H2. The first-order valence-electron chi connectivity index (χ1n) is 5.85. The molecule has 2 rings (SSSR count). The summed E-state index contributed by atoms with van der Waals surface area (Å²) in [4.78, 5) is 12.0. The molecule has 0 amide bonds. The minimum atomic E-state index is -0.875. The summed E-state index contributed by atoms with van der Waals surface area (Å²) < 4.78 is 26.9. The molecule has 19 heavy (non-hydrogen) atoms. The molecule has 2 nitrogen and oxygen atoms in total. The van der Waals surface area contributed by atoms with Crippen molar-refractivity contribution in [2.45, 2.75) is 12.5 Å². The van der Waals surface area contributed by atoms with Crippen molar-refractivity contribution in [1.82, 2.24) is 0 Å². The molecule has 98 valence electrons. The molecule has 4 heteroatoms. The van der Waals surface area contributed by atoms with Crippen molar-refractivity contribution in [3.05, 3.63) is 71.3 Å². The van der Waals surface area contributed by atoms with Gasteiger partial charge in [-0.25, -0.2) is 8.78 Å². The number of benzene rings is 2. The summed E-state index contributed by atoms with van der Waals surface area (Å²) >= 11 is 0. The summed E-state index contributed by atoms with van der Waals surface area (Å²) in [5.74, 6) is -1.88. The topological polar surface area (TPSA) is 43.1 Å². The van der Waals surface area contributed by atoms with Crippen molar-refractivity contribution in [3.63, 3.8) is 0 Å². The van der Waals surface area contributed by atoms with Crippen molar-refractivity contribution in [1.29, 1.82) is 0 Å². The third-order valence-corrected chi connectivity index (χ3v) is 2.92. The van der Waals surface area contributed by atoms with Gasteiger partial charge in [0, 0.05) is 12.0 Å². The maximum Gasteiger partial charge on any atom is 0.158 e. The zero-order valence-corrected chi connectivity index (χ0v) is 10.1. The first-order chi connectivity index (χ1) is 9.09. The summed E-state index contributed by atoms with van der Waals surface area (Å²) in [6, 6.07) is 11.4. The molecular formula is C15H13F2NO. The van der Waals surface area contributed by atoms with Gasteiger partial charge in [0.15, 0.2) is 5.78 Å². The Labute approximate surface area is 109 Å². The number of Topliss-reactive ketones (excluding diaryl/α,β-unsaturated/α-hetero) is 1. The van der Waals surface area contributed by atoms with E-state index in [1.807, 2.05) is 0 Å². The Kier molecular flexibility index (Phi) is 4.02. The highest BCUT2D eigenvalue weighted by Crippen LogP contribution is 2.17. The second-order valence-corrected chi connectivity index (χ2v) is 4.23. The van der Waals surface area contributed by atoms with Gasteiger partial charge in [-0.15, -0.1) is 0 Å². The average molecular weight is 261 g/mol. The van der Waals surface area contributed by atoms with Crippen LogP contribution in [0.4, 0.5) is 8.78 Å². The van der Waals surface area contributed by atoms with Crippen LogP contribution < -0.4 is 5.73 Å². The normalized spacial score (nSPS) is 12.2. The fraction of sp³-hybridized carbons (Fsp3) is 0.133. The highest BCUT2D eigenvalue weighted by molar-refractivity contribution is 5.87. The van der Waals surface area contributed by atoms with Crippen molar-refractivity contribution in [3.8, 4) is 0 Å². The van der Waals surface area contributed by atoms with Crippen LogP contribution in [0.5, 0.6) is 0 Å². The maximum absolute atomic E-state index is 13.4. The van der Waals surface area contributed by atoms with Gasteiger partial charge in [-0.05, 0) is 17.7 Å². The predicted molar refractivity (Wildman–Crippen MR) is 68.4 cm³/mol. The van der Waals surface area contributed by atoms with Gasteiger partial charge in [-0.1, -0.05) is 36.4 Å². The number of halogens is 2. The van der Waals surface area contributed by atoms with Gasteiger partial charge in [0.25, 0.3) is 0 Å². The first-order valence-corrected chi connectivity index (χ1v) is 5.85. The van der Waals surface area contributed by atoms with Gasteiger partial charge >= 0.3 is 0 Å². The van der Waals surface area contributed by atoms with Crippen LogP contribution in [-0.2, 0) is 11.2 Å². The highest BCUT2D eigenvalue weighted by Gasteiger charge is 2.19. The molecule has 1 atom stereocenters. The Morgan fingerprint density at radius 1 is 1.00 bits per heavy atom. The molecule has 1 unspecified atom stereocenters. The van der Waals surface area contributed by atoms with Gasteiger partial charge in [0.1, 0.15) is 11.6 Å². The van der Waals surface area contributed by atoms with Gasteiger partial charge in [-0.2, -0.15) is 0 Å². The molecule has 2 aromatic rings. The minimum absolute atomic E-state index is 0.237. The number of hydrogen-bond donors (Lipinski definition) is 1. The fourth-order valence-electron chi connectivity index (χ4n) is 1.83. The van der Waals surface area contributed by atoms with Gasteiger partial charge in [-0.3, -0.25) is 4.79 Å². The van der Waals surface area contributed by atoms with Crippen LogP contribution in [0.15, 0.2) is 48.5 Å². The SMILES string of the molecule is NC(C(=O)Cc1c(F)cccc1F)c1ccccc1. The summed E-state index contributed by atoms with van der Waals surface area (Å²) in [7, 11) is 0. The smallest absolute Gasteiger partial charge is 0.158 e. The third-order valence-electron chi connectivity index (χ3n) is 2.92. The van der Waals surface area contributed by atoms with Crippen molar-refractivity contribution in [2.24, 2.45) is 5.73 Å². The number of carbonyl (C=O) groups excluding carboxylic acids is 1. The lowest BCUT2D eigenvalue weighted by molar-refractivity contribution is -0.119. The average Bonchev–Trinajstić information content (AvgIpc) is 2.43. The van der Waals surface area contributed by atoms with E-state index in [0.29, 0.717) is 5.56 Å². The molecule has 0 saturated carbocycles. The molecule has 0 aliphatic heterocycles. The van der Waals surface area contributed by atoms with Crippen molar-refractivity contribution in [2.75, 3.05) is 0 Å². The number of nitrogens with two attached hydrogens (primary N) is 1. The molecule has 0 aliphatic carbocycles. The number of rotatable bonds is 4. The number of hydrogen-bond acceptors (Lipinski definition) is 2. The zero-order valence-electron chi connectivity index (χ0n) is 10.1. The molecule has 0 aliphatic rings. The highest BCUT2D eigenvalue weighted by atomic mass is 19.1. The molecule has 2 aromatic carbocycles. The minimum Gasteiger partial charge on any atom is -0.318 e. The van der Waals surface area contributed by atoms with Crippen LogP contribution >= 0.6 is 0 Å². The van der Waals surface area contributed by atoms with E-state index in [1.54, 1.807) is 30.3 Å². The molecule has 0 bridgehead atoms. The van der Waals surface area contributed by atoms with E-state index in [2.05, 4.69) is 0 Å². The van der Waals surface area contributed by atoms with Crippen LogP contribution in [0.1, 0.15) is 17.2 Å². The molecular weight excluding hydrogens is 248 g/mol. The van der Waals surface area contributed by atoms with Gasteiger partial charge in [0.2, 0.25) is 0 Å². The Morgan fingerprint density at radius 2 is 1.58 bits per heavy atom. The molecule has 0 aromatic heterocycles. The van der Waals surface area contributed by atoms with E-state index in [-0.39, 0.29) is 12.0 Å². The van der Waals surface area contributed by atoms with Crippen LogP contribution in [0, 0.1) is 11.6 Å². The zero-order chi connectivity index (χ0) is 13.8. The van der Waals surface area contributed by atoms with E-state index < -0.39 is 23.5 Å². The maximum atomic E-state index is 13.4. The van der Waals surface area contributed by atoms with E-state index >= 15 is 0 Å². The lowest BCUT2D eigenvalue weighted by Gasteiger charge is -2.11. The summed E-state index contributed by atoms with van der Waals surface area (Å²) in [5.41, 5.74) is 6.18. The van der Waals surface area contributed by atoms with Crippen LogP contribution in [0.25, 0.3) is 0 Å². The molecule has 2 N–H and O–H groups in total. The van der Waals surface area contributed by atoms with Crippen LogP contribution in [0.3, 0.4) is 0 Å². The third kappa shape index (κ3) is 3.03. The quantitative estimate of drug-likeness (QED) is 0.919. The Hall–Kier alpha value is -2.07. The monoisotopic (exact) mass is 261 g/mol. The van der Waals surface area contributed by atoms with Gasteiger partial charge < -0.3 is 5.73 Å². The van der Waals surface area contributed by atoms with E-state index in [0.717, 1.165) is 12.1 Å². The van der Waals surface area contributed by atoms with Crippen LogP contribution in [0.2, 0.25) is 0 Å². The van der Waals surface area contributed by atoms with Gasteiger partial charge in [0.05, 0.1) is 6.04 Å². The fourth-order valence-corrected chi connectivity index (χ4v) is 1.83. The molecule has 0 saturated heterocycles. The van der Waals surface area contributed by atoms with Crippen LogP contribution in [-0.4, -0.2) is 5.78 Å². The predicted octanol–water partition coefficient (Wildman–Crippen LogP) is 2.78. The number of carbonyl (C=O) groups is 1. The van der Waals surface area contributed by atoms with E-state index in [1.165, 1.54) is 6.07 Å². The molecule has 0 fully saturated rings.